The van der Waals surface area contributed by atoms with Crippen LogP contribution >= 0.6 is 0 Å². The number of hydrogen-bond acceptors (Lipinski definition) is 4. The van der Waals surface area contributed by atoms with Crippen LogP contribution in [0.15, 0.2) is 53.4 Å². The summed E-state index contributed by atoms with van der Waals surface area (Å²) in [6.07, 6.45) is -0.242. The Kier molecular flexibility index (Phi) is 4.39. The highest BCUT2D eigenvalue weighted by atomic mass is 32.2. The number of sulfonamides is 1. The standard InChI is InChI=1S/C17H20N2O3S/c1-13-4-2-3-5-16(13)17-12-19(10-11-22-17)23(20,21)15-8-6-14(18)7-9-15/h2-9,17H,10-12,18H2,1H3/t17-/m1/s1. The molecule has 5 nitrogen and oxygen atoms in total. The van der Waals surface area contributed by atoms with Gasteiger partial charge in [-0.25, -0.2) is 8.42 Å². The Bertz CT molecular complexity index is 788. The Balaban J connectivity index is 1.86. The van der Waals surface area contributed by atoms with Gasteiger partial charge < -0.3 is 10.5 Å². The molecule has 1 heterocycles. The van der Waals surface area contributed by atoms with E-state index in [-0.39, 0.29) is 11.0 Å². The average Bonchev–Trinajstić information content (AvgIpc) is 2.56. The van der Waals surface area contributed by atoms with Crippen molar-refractivity contribution in [1.29, 1.82) is 0 Å². The molecule has 0 spiro atoms. The van der Waals surface area contributed by atoms with Crippen LogP contribution in [0.4, 0.5) is 5.69 Å². The molecule has 1 aliphatic heterocycles. The first-order valence-electron chi connectivity index (χ1n) is 7.51. The molecule has 6 heteroatoms. The van der Waals surface area contributed by atoms with Gasteiger partial charge in [-0.15, -0.1) is 0 Å². The maximum absolute atomic E-state index is 12.8. The lowest BCUT2D eigenvalue weighted by Gasteiger charge is -2.33. The van der Waals surface area contributed by atoms with Crippen LogP contribution in [0, 0.1) is 6.92 Å². The van der Waals surface area contributed by atoms with Crippen molar-refractivity contribution in [1.82, 2.24) is 4.31 Å². The van der Waals surface area contributed by atoms with Gasteiger partial charge in [-0.05, 0) is 42.3 Å². The van der Waals surface area contributed by atoms with E-state index in [2.05, 4.69) is 0 Å². The number of ether oxygens (including phenoxy) is 1. The second kappa shape index (κ2) is 6.31. The zero-order chi connectivity index (χ0) is 16.4. The van der Waals surface area contributed by atoms with Crippen LogP contribution in [0.25, 0.3) is 0 Å². The van der Waals surface area contributed by atoms with Crippen molar-refractivity contribution < 1.29 is 13.2 Å². The number of aryl methyl sites for hydroxylation is 1. The lowest BCUT2D eigenvalue weighted by atomic mass is 10.0. The Morgan fingerprint density at radius 1 is 1.13 bits per heavy atom. The van der Waals surface area contributed by atoms with E-state index < -0.39 is 10.0 Å². The van der Waals surface area contributed by atoms with Gasteiger partial charge in [-0.3, -0.25) is 0 Å². The summed E-state index contributed by atoms with van der Waals surface area (Å²) in [5.41, 5.74) is 8.31. The van der Waals surface area contributed by atoms with Gasteiger partial charge in [-0.1, -0.05) is 24.3 Å². The molecular weight excluding hydrogens is 312 g/mol. The van der Waals surface area contributed by atoms with E-state index in [1.165, 1.54) is 4.31 Å². The molecule has 122 valence electrons. The highest BCUT2D eigenvalue weighted by Crippen LogP contribution is 2.28. The topological polar surface area (TPSA) is 72.6 Å². The summed E-state index contributed by atoms with van der Waals surface area (Å²) < 4.78 is 32.9. The molecule has 2 N–H and O–H groups in total. The fourth-order valence-electron chi connectivity index (χ4n) is 2.77. The van der Waals surface area contributed by atoms with Crippen LogP contribution in [0.5, 0.6) is 0 Å². The minimum atomic E-state index is -3.53. The molecule has 2 aromatic carbocycles. The highest BCUT2D eigenvalue weighted by molar-refractivity contribution is 7.89. The summed E-state index contributed by atoms with van der Waals surface area (Å²) in [4.78, 5) is 0.261. The number of morpholine rings is 1. The summed E-state index contributed by atoms with van der Waals surface area (Å²) >= 11 is 0. The maximum Gasteiger partial charge on any atom is 0.243 e. The lowest BCUT2D eigenvalue weighted by molar-refractivity contribution is -0.00288. The number of benzene rings is 2. The normalized spacial score (nSPS) is 19.6. The minimum Gasteiger partial charge on any atom is -0.399 e. The van der Waals surface area contributed by atoms with Gasteiger partial charge in [0.2, 0.25) is 10.0 Å². The minimum absolute atomic E-state index is 0.242. The molecule has 0 radical (unpaired) electrons. The zero-order valence-corrected chi connectivity index (χ0v) is 13.8. The second-order valence-electron chi connectivity index (χ2n) is 5.65. The third kappa shape index (κ3) is 3.24. The Labute approximate surface area is 136 Å². The van der Waals surface area contributed by atoms with Crippen molar-refractivity contribution >= 4 is 15.7 Å². The van der Waals surface area contributed by atoms with Crippen molar-refractivity contribution in [3.63, 3.8) is 0 Å². The van der Waals surface area contributed by atoms with E-state index in [4.69, 9.17) is 10.5 Å². The number of rotatable bonds is 3. The summed E-state index contributed by atoms with van der Waals surface area (Å²) in [5, 5.41) is 0. The maximum atomic E-state index is 12.8. The van der Waals surface area contributed by atoms with E-state index >= 15 is 0 Å². The molecule has 23 heavy (non-hydrogen) atoms. The molecule has 0 aliphatic carbocycles. The molecule has 0 amide bonds. The summed E-state index contributed by atoms with van der Waals surface area (Å²) in [5.74, 6) is 0. The molecule has 2 aromatic rings. The SMILES string of the molecule is Cc1ccccc1[C@H]1CN(S(=O)(=O)c2ccc(N)cc2)CCO1. The van der Waals surface area contributed by atoms with E-state index in [1.807, 2.05) is 31.2 Å². The first-order valence-corrected chi connectivity index (χ1v) is 8.95. The van der Waals surface area contributed by atoms with Gasteiger partial charge in [0.15, 0.2) is 0 Å². The van der Waals surface area contributed by atoms with Crippen molar-refractivity contribution in [2.24, 2.45) is 0 Å². The molecule has 1 saturated heterocycles. The molecular formula is C17H20N2O3S. The Morgan fingerprint density at radius 3 is 2.52 bits per heavy atom. The fraction of sp³-hybridized carbons (Fsp3) is 0.294. The smallest absolute Gasteiger partial charge is 0.243 e. The Morgan fingerprint density at radius 2 is 1.83 bits per heavy atom. The number of hydrogen-bond donors (Lipinski definition) is 1. The number of anilines is 1. The van der Waals surface area contributed by atoms with Crippen molar-refractivity contribution in [2.75, 3.05) is 25.4 Å². The monoisotopic (exact) mass is 332 g/mol. The average molecular weight is 332 g/mol. The molecule has 1 aliphatic rings. The van der Waals surface area contributed by atoms with Crippen LogP contribution in [-0.2, 0) is 14.8 Å². The number of nitrogens with two attached hydrogens (primary N) is 1. The second-order valence-corrected chi connectivity index (χ2v) is 7.59. The van der Waals surface area contributed by atoms with Crippen LogP contribution in [-0.4, -0.2) is 32.4 Å². The largest absolute Gasteiger partial charge is 0.399 e. The van der Waals surface area contributed by atoms with Crippen LogP contribution in [0.2, 0.25) is 0 Å². The van der Waals surface area contributed by atoms with Crippen molar-refractivity contribution in [3.8, 4) is 0 Å². The third-order valence-electron chi connectivity index (χ3n) is 4.08. The quantitative estimate of drug-likeness (QED) is 0.876. The zero-order valence-electron chi connectivity index (χ0n) is 13.0. The van der Waals surface area contributed by atoms with Gasteiger partial charge in [0.1, 0.15) is 0 Å². The predicted octanol–water partition coefficient (Wildman–Crippen LogP) is 2.34. The third-order valence-corrected chi connectivity index (χ3v) is 5.96. The van der Waals surface area contributed by atoms with Gasteiger partial charge in [0.25, 0.3) is 0 Å². The van der Waals surface area contributed by atoms with Crippen molar-refractivity contribution in [2.45, 2.75) is 17.9 Å². The highest BCUT2D eigenvalue weighted by Gasteiger charge is 2.31. The lowest BCUT2D eigenvalue weighted by Crippen LogP contribution is -2.42. The first kappa shape index (κ1) is 16.0. The molecule has 0 bridgehead atoms. The van der Waals surface area contributed by atoms with Crippen LogP contribution in [0.3, 0.4) is 0 Å². The molecule has 0 unspecified atom stereocenters. The first-order chi connectivity index (χ1) is 11.0. The molecule has 1 fully saturated rings. The van der Waals surface area contributed by atoms with Gasteiger partial charge in [0.05, 0.1) is 17.6 Å². The molecule has 0 saturated carbocycles. The molecule has 1 atom stereocenters. The van der Waals surface area contributed by atoms with E-state index in [0.29, 0.717) is 25.4 Å². The van der Waals surface area contributed by atoms with E-state index in [0.717, 1.165) is 11.1 Å². The predicted molar refractivity (Wildman–Crippen MR) is 89.5 cm³/mol. The van der Waals surface area contributed by atoms with Gasteiger partial charge >= 0.3 is 0 Å². The van der Waals surface area contributed by atoms with E-state index in [9.17, 15) is 8.42 Å². The summed E-state index contributed by atoms with van der Waals surface area (Å²) in [6, 6.07) is 14.2. The van der Waals surface area contributed by atoms with Gasteiger partial charge in [0, 0.05) is 18.8 Å². The number of nitrogens with zero attached hydrogens (tertiary/aromatic N) is 1. The van der Waals surface area contributed by atoms with Crippen LogP contribution in [0.1, 0.15) is 17.2 Å². The van der Waals surface area contributed by atoms with Crippen molar-refractivity contribution in [3.05, 3.63) is 59.7 Å². The Hall–Kier alpha value is -1.89. The van der Waals surface area contributed by atoms with Crippen LogP contribution < -0.4 is 5.73 Å². The van der Waals surface area contributed by atoms with E-state index in [1.54, 1.807) is 24.3 Å². The number of nitrogen functional groups attached to an aromatic ring is 1. The van der Waals surface area contributed by atoms with Gasteiger partial charge in [-0.2, -0.15) is 4.31 Å². The molecule has 3 rings (SSSR count). The summed E-state index contributed by atoms with van der Waals surface area (Å²) in [7, 11) is -3.53. The molecule has 0 aromatic heterocycles. The fourth-order valence-corrected chi connectivity index (χ4v) is 4.19. The summed E-state index contributed by atoms with van der Waals surface area (Å²) in [6.45, 7) is 3.06.